The molecule has 0 amide bonds. The number of nitriles is 1. The summed E-state index contributed by atoms with van der Waals surface area (Å²) in [5.41, 5.74) is 0.664. The molecule has 19 heavy (non-hydrogen) atoms. The van der Waals surface area contributed by atoms with Crippen molar-refractivity contribution in [2.24, 2.45) is 11.8 Å². The molecule has 1 saturated heterocycles. The van der Waals surface area contributed by atoms with Gasteiger partial charge in [-0.25, -0.2) is 4.98 Å². The highest BCUT2D eigenvalue weighted by molar-refractivity contribution is 5.53. The van der Waals surface area contributed by atoms with Crippen LogP contribution >= 0.6 is 0 Å². The lowest BCUT2D eigenvalue weighted by molar-refractivity contribution is 0.0784. The molecule has 1 aromatic heterocycles. The molecule has 0 bridgehead atoms. The topological polar surface area (TPSA) is 49.2 Å². The van der Waals surface area contributed by atoms with E-state index >= 15 is 0 Å². The number of ether oxygens (including phenoxy) is 1. The van der Waals surface area contributed by atoms with Crippen molar-refractivity contribution in [3.05, 3.63) is 23.9 Å². The summed E-state index contributed by atoms with van der Waals surface area (Å²) in [5.74, 6) is 2.21. The van der Waals surface area contributed by atoms with Gasteiger partial charge in [0.25, 0.3) is 0 Å². The molecule has 0 radical (unpaired) electrons. The SMILES string of the molecule is N#Cc1cccnc1N1CCOCC(C2CCC2)C1. The van der Waals surface area contributed by atoms with Gasteiger partial charge in [-0.1, -0.05) is 19.3 Å². The first kappa shape index (κ1) is 12.4. The summed E-state index contributed by atoms with van der Waals surface area (Å²) in [5, 5.41) is 9.20. The summed E-state index contributed by atoms with van der Waals surface area (Å²) in [6.45, 7) is 3.38. The highest BCUT2D eigenvalue weighted by Gasteiger charge is 2.31. The van der Waals surface area contributed by atoms with E-state index in [0.717, 1.165) is 38.0 Å². The average Bonchev–Trinajstić information content (AvgIpc) is 2.63. The minimum absolute atomic E-state index is 0.588. The van der Waals surface area contributed by atoms with Crippen molar-refractivity contribution >= 4 is 5.82 Å². The first-order valence-corrected chi connectivity index (χ1v) is 7.06. The lowest BCUT2D eigenvalue weighted by atomic mass is 9.76. The lowest BCUT2D eigenvalue weighted by Crippen LogP contribution is -2.36. The predicted molar refractivity (Wildman–Crippen MR) is 72.8 cm³/mol. The summed E-state index contributed by atoms with van der Waals surface area (Å²) in [7, 11) is 0. The highest BCUT2D eigenvalue weighted by atomic mass is 16.5. The van der Waals surface area contributed by atoms with Crippen molar-refractivity contribution in [3.8, 4) is 6.07 Å². The summed E-state index contributed by atoms with van der Waals surface area (Å²) >= 11 is 0. The van der Waals surface area contributed by atoms with Crippen LogP contribution in [0.2, 0.25) is 0 Å². The Morgan fingerprint density at radius 3 is 3.00 bits per heavy atom. The van der Waals surface area contributed by atoms with Crippen molar-refractivity contribution in [3.63, 3.8) is 0 Å². The van der Waals surface area contributed by atoms with Gasteiger partial charge in [-0.3, -0.25) is 0 Å². The molecule has 1 aromatic rings. The zero-order chi connectivity index (χ0) is 13.1. The summed E-state index contributed by atoms with van der Waals surface area (Å²) in [4.78, 5) is 6.63. The molecule has 2 heterocycles. The molecule has 4 heteroatoms. The maximum Gasteiger partial charge on any atom is 0.146 e. The molecule has 4 nitrogen and oxygen atoms in total. The molecule has 1 saturated carbocycles. The minimum atomic E-state index is 0.588. The monoisotopic (exact) mass is 257 g/mol. The van der Waals surface area contributed by atoms with E-state index < -0.39 is 0 Å². The van der Waals surface area contributed by atoms with Gasteiger partial charge in [-0.2, -0.15) is 5.26 Å². The summed E-state index contributed by atoms with van der Waals surface area (Å²) in [6.07, 6.45) is 5.78. The summed E-state index contributed by atoms with van der Waals surface area (Å²) < 4.78 is 5.74. The molecular formula is C15H19N3O. The quantitative estimate of drug-likeness (QED) is 0.815. The smallest absolute Gasteiger partial charge is 0.146 e. The lowest BCUT2D eigenvalue weighted by Gasteiger charge is -2.35. The number of rotatable bonds is 2. The fourth-order valence-corrected chi connectivity index (χ4v) is 2.96. The third kappa shape index (κ3) is 2.57. The van der Waals surface area contributed by atoms with Crippen molar-refractivity contribution in [1.29, 1.82) is 5.26 Å². The van der Waals surface area contributed by atoms with Gasteiger partial charge in [0, 0.05) is 25.2 Å². The maximum absolute atomic E-state index is 9.20. The number of pyridine rings is 1. The third-order valence-corrected chi connectivity index (χ3v) is 4.32. The Morgan fingerprint density at radius 2 is 2.26 bits per heavy atom. The van der Waals surface area contributed by atoms with E-state index in [-0.39, 0.29) is 0 Å². The van der Waals surface area contributed by atoms with E-state index in [2.05, 4.69) is 16.0 Å². The Hall–Kier alpha value is -1.60. The van der Waals surface area contributed by atoms with Gasteiger partial charge in [0.2, 0.25) is 0 Å². The van der Waals surface area contributed by atoms with Crippen LogP contribution in [0.1, 0.15) is 24.8 Å². The van der Waals surface area contributed by atoms with E-state index in [1.165, 1.54) is 19.3 Å². The third-order valence-electron chi connectivity index (χ3n) is 4.32. The zero-order valence-corrected chi connectivity index (χ0v) is 11.1. The van der Waals surface area contributed by atoms with Crippen LogP contribution in [0.5, 0.6) is 0 Å². The largest absolute Gasteiger partial charge is 0.379 e. The molecule has 2 fully saturated rings. The molecule has 1 aliphatic heterocycles. The first-order valence-electron chi connectivity index (χ1n) is 7.06. The van der Waals surface area contributed by atoms with E-state index in [1.807, 2.05) is 12.1 Å². The number of hydrogen-bond donors (Lipinski definition) is 0. The Labute approximate surface area is 114 Å². The number of hydrogen-bond acceptors (Lipinski definition) is 4. The van der Waals surface area contributed by atoms with Crippen LogP contribution in [-0.2, 0) is 4.74 Å². The van der Waals surface area contributed by atoms with Crippen LogP contribution in [-0.4, -0.2) is 31.3 Å². The van der Waals surface area contributed by atoms with Crippen molar-refractivity contribution in [2.45, 2.75) is 19.3 Å². The number of aromatic nitrogens is 1. The van der Waals surface area contributed by atoms with Crippen molar-refractivity contribution < 1.29 is 4.74 Å². The van der Waals surface area contributed by atoms with Crippen LogP contribution in [0, 0.1) is 23.2 Å². The van der Waals surface area contributed by atoms with Crippen LogP contribution in [0.15, 0.2) is 18.3 Å². The molecule has 3 rings (SSSR count). The van der Waals surface area contributed by atoms with Gasteiger partial charge in [-0.15, -0.1) is 0 Å². The second kappa shape index (κ2) is 5.58. The normalized spacial score (nSPS) is 24.4. The van der Waals surface area contributed by atoms with Gasteiger partial charge in [0.05, 0.1) is 18.8 Å². The summed E-state index contributed by atoms with van der Waals surface area (Å²) in [6, 6.07) is 5.90. The first-order chi connectivity index (χ1) is 9.38. The molecule has 1 aliphatic carbocycles. The molecule has 1 unspecified atom stereocenters. The highest BCUT2D eigenvalue weighted by Crippen LogP contribution is 2.35. The van der Waals surface area contributed by atoms with E-state index in [4.69, 9.17) is 4.74 Å². The fourth-order valence-electron chi connectivity index (χ4n) is 2.96. The molecule has 0 aromatic carbocycles. The molecule has 2 aliphatic rings. The van der Waals surface area contributed by atoms with Crippen molar-refractivity contribution in [2.75, 3.05) is 31.2 Å². The fraction of sp³-hybridized carbons (Fsp3) is 0.600. The van der Waals surface area contributed by atoms with Gasteiger partial charge < -0.3 is 9.64 Å². The molecule has 0 N–H and O–H groups in total. The average molecular weight is 257 g/mol. The van der Waals surface area contributed by atoms with Crippen LogP contribution in [0.3, 0.4) is 0 Å². The van der Waals surface area contributed by atoms with Gasteiger partial charge in [0.1, 0.15) is 11.9 Å². The predicted octanol–water partition coefficient (Wildman–Crippen LogP) is 2.21. The van der Waals surface area contributed by atoms with Crippen LogP contribution in [0.4, 0.5) is 5.82 Å². The molecular weight excluding hydrogens is 238 g/mol. The van der Waals surface area contributed by atoms with E-state index in [1.54, 1.807) is 6.20 Å². The standard InChI is InChI=1S/C15H19N3O/c16-9-13-5-2-6-17-15(13)18-7-8-19-11-14(10-18)12-3-1-4-12/h2,5-6,12,14H,1,3-4,7-8,10-11H2. The van der Waals surface area contributed by atoms with E-state index in [0.29, 0.717) is 11.5 Å². The Kier molecular flexibility index (Phi) is 3.65. The zero-order valence-electron chi connectivity index (χ0n) is 11.1. The maximum atomic E-state index is 9.20. The Morgan fingerprint density at radius 1 is 1.37 bits per heavy atom. The second-order valence-electron chi connectivity index (χ2n) is 5.46. The Balaban J connectivity index is 1.80. The van der Waals surface area contributed by atoms with Crippen LogP contribution in [0.25, 0.3) is 0 Å². The van der Waals surface area contributed by atoms with Gasteiger partial charge >= 0.3 is 0 Å². The second-order valence-corrected chi connectivity index (χ2v) is 5.46. The minimum Gasteiger partial charge on any atom is -0.379 e. The van der Waals surface area contributed by atoms with Gasteiger partial charge in [0.15, 0.2) is 0 Å². The van der Waals surface area contributed by atoms with Crippen LogP contribution < -0.4 is 4.90 Å². The molecule has 100 valence electrons. The van der Waals surface area contributed by atoms with Gasteiger partial charge in [-0.05, 0) is 18.1 Å². The molecule has 1 atom stereocenters. The van der Waals surface area contributed by atoms with Crippen molar-refractivity contribution in [1.82, 2.24) is 4.98 Å². The number of nitrogens with zero attached hydrogens (tertiary/aromatic N) is 3. The van der Waals surface area contributed by atoms with E-state index in [9.17, 15) is 5.26 Å². The molecule has 0 spiro atoms. The Bertz CT molecular complexity index is 479. The number of anilines is 1.